The summed E-state index contributed by atoms with van der Waals surface area (Å²) in [5.41, 5.74) is 4.20. The van der Waals surface area contributed by atoms with E-state index in [0.717, 1.165) is 59.1 Å². The number of rotatable bonds is 2. The Hall–Kier alpha value is -2.30. The summed E-state index contributed by atoms with van der Waals surface area (Å²) in [5.74, 6) is 0.555. The molecule has 1 amide bonds. The fourth-order valence-corrected chi connectivity index (χ4v) is 5.70. The van der Waals surface area contributed by atoms with Crippen molar-refractivity contribution in [2.45, 2.75) is 25.5 Å². The van der Waals surface area contributed by atoms with Crippen LogP contribution in [0, 0.1) is 5.92 Å². The van der Waals surface area contributed by atoms with Gasteiger partial charge in [0.2, 0.25) is 0 Å². The van der Waals surface area contributed by atoms with Crippen molar-refractivity contribution >= 4 is 36.4 Å². The van der Waals surface area contributed by atoms with Gasteiger partial charge >= 0.3 is 0 Å². The van der Waals surface area contributed by atoms with Crippen molar-refractivity contribution in [2.24, 2.45) is 18.0 Å². The van der Waals surface area contributed by atoms with Gasteiger partial charge in [-0.3, -0.25) is 14.5 Å². The lowest BCUT2D eigenvalue weighted by atomic mass is 9.94. The van der Waals surface area contributed by atoms with Gasteiger partial charge in [-0.05, 0) is 55.9 Å². The Morgan fingerprint density at radius 1 is 1.25 bits per heavy atom. The monoisotopic (exact) mass is 393 g/mol. The molecule has 6 nitrogen and oxygen atoms in total. The topological polar surface area (TPSA) is 62.5 Å². The number of carbonyl (C=O) groups excluding carboxylic acids is 1. The van der Waals surface area contributed by atoms with Crippen LogP contribution in [0.3, 0.4) is 0 Å². The molecule has 1 aromatic carbocycles. The number of nitrogens with zero attached hydrogens (tertiary/aromatic N) is 4. The van der Waals surface area contributed by atoms with Crippen LogP contribution in [0.25, 0.3) is 16.2 Å². The third kappa shape index (κ3) is 3.11. The number of nitrogens with one attached hydrogen (secondary N) is 1. The maximum absolute atomic E-state index is 13.0. The first-order valence-electron chi connectivity index (χ1n) is 9.80. The van der Waals surface area contributed by atoms with Crippen LogP contribution in [-0.2, 0) is 11.8 Å². The lowest BCUT2D eigenvalue weighted by molar-refractivity contribution is -0.123. The first kappa shape index (κ1) is 17.8. The van der Waals surface area contributed by atoms with Gasteiger partial charge in [0.25, 0.3) is 5.91 Å². The third-order valence-corrected chi connectivity index (χ3v) is 7.47. The number of allylic oxidation sites excluding steroid dienone is 1. The molecule has 2 aromatic rings. The van der Waals surface area contributed by atoms with E-state index < -0.39 is 0 Å². The molecule has 28 heavy (non-hydrogen) atoms. The highest BCUT2D eigenvalue weighted by Crippen LogP contribution is 2.45. The van der Waals surface area contributed by atoms with Crippen molar-refractivity contribution < 1.29 is 4.79 Å². The van der Waals surface area contributed by atoms with Crippen LogP contribution in [0.15, 0.2) is 47.4 Å². The number of aromatic nitrogens is 2. The van der Waals surface area contributed by atoms with Crippen LogP contribution in [-0.4, -0.2) is 45.2 Å². The number of aryl methyl sites for hydroxylation is 1. The molecular weight excluding hydrogens is 369 g/mol. The minimum absolute atomic E-state index is 0.0440. The molecule has 4 heterocycles. The van der Waals surface area contributed by atoms with E-state index in [1.807, 2.05) is 41.2 Å². The predicted octanol–water partition coefficient (Wildman–Crippen LogP) is 3.08. The van der Waals surface area contributed by atoms with Crippen molar-refractivity contribution in [1.29, 1.82) is 0 Å². The molecular formula is C21H24N5OP. The van der Waals surface area contributed by atoms with Gasteiger partial charge in [0.1, 0.15) is 0 Å². The minimum Gasteiger partial charge on any atom is -0.317 e. The van der Waals surface area contributed by atoms with Gasteiger partial charge in [0, 0.05) is 42.5 Å². The molecule has 0 aliphatic carbocycles. The molecule has 1 saturated heterocycles. The fraction of sp³-hybridized carbons (Fsp3) is 0.381. The Balaban J connectivity index is 1.46. The summed E-state index contributed by atoms with van der Waals surface area (Å²) in [7, 11) is 2.42. The predicted molar refractivity (Wildman–Crippen MR) is 114 cm³/mol. The number of fused-ring (bicyclic) bond motifs is 2. The SMILES string of the molecule is CC1=NC(C2CCNCC2)=CN2C(=O)C=C(c3ccc4nn(C)cc4c3)PC12. The largest absolute Gasteiger partial charge is 0.317 e. The maximum Gasteiger partial charge on any atom is 0.252 e. The molecule has 2 atom stereocenters. The Labute approximate surface area is 166 Å². The molecule has 5 rings (SSSR count). The molecule has 0 bridgehead atoms. The molecule has 1 aromatic heterocycles. The summed E-state index contributed by atoms with van der Waals surface area (Å²) in [6.07, 6.45) is 8.01. The summed E-state index contributed by atoms with van der Waals surface area (Å²) >= 11 is 0. The first-order chi connectivity index (χ1) is 13.6. The number of aliphatic imine (C=N–C) groups is 1. The average Bonchev–Trinajstić information content (AvgIpc) is 3.08. The van der Waals surface area contributed by atoms with Gasteiger partial charge < -0.3 is 10.2 Å². The van der Waals surface area contributed by atoms with E-state index in [0.29, 0.717) is 14.5 Å². The summed E-state index contributed by atoms with van der Waals surface area (Å²) in [4.78, 5) is 19.8. The summed E-state index contributed by atoms with van der Waals surface area (Å²) in [6.45, 7) is 4.12. The van der Waals surface area contributed by atoms with Crippen molar-refractivity contribution in [3.8, 4) is 0 Å². The summed E-state index contributed by atoms with van der Waals surface area (Å²) < 4.78 is 1.82. The Kier molecular flexibility index (Phi) is 4.41. The number of carbonyl (C=O) groups is 1. The van der Waals surface area contributed by atoms with Gasteiger partial charge in [-0.15, -0.1) is 0 Å². The lowest BCUT2D eigenvalue weighted by Crippen LogP contribution is -2.42. The molecule has 2 unspecified atom stereocenters. The minimum atomic E-state index is 0.0440. The quantitative estimate of drug-likeness (QED) is 0.798. The second kappa shape index (κ2) is 6.94. The van der Waals surface area contributed by atoms with E-state index in [4.69, 9.17) is 4.99 Å². The van der Waals surface area contributed by atoms with Gasteiger partial charge in [-0.1, -0.05) is 14.6 Å². The second-order valence-corrected chi connectivity index (χ2v) is 9.13. The maximum atomic E-state index is 13.0. The van der Waals surface area contributed by atoms with Gasteiger partial charge in [0.05, 0.1) is 17.0 Å². The first-order valence-corrected chi connectivity index (χ1v) is 10.9. The van der Waals surface area contributed by atoms with E-state index in [1.165, 1.54) is 0 Å². The van der Waals surface area contributed by atoms with E-state index in [9.17, 15) is 4.79 Å². The molecule has 0 radical (unpaired) electrons. The standard InChI is InChI=1S/C21H24N5OP/c1-13-21-26(12-18(23-13)14-5-7-22-8-6-14)20(27)10-19(28-21)15-3-4-17-16(9-15)11-25(2)24-17/h3-4,9-12,14,21-22,28H,5-8H2,1-2H3. The highest BCUT2D eigenvalue weighted by atomic mass is 31.1. The second-order valence-electron chi connectivity index (χ2n) is 7.76. The van der Waals surface area contributed by atoms with Crippen molar-refractivity contribution in [2.75, 3.05) is 13.1 Å². The van der Waals surface area contributed by atoms with Crippen LogP contribution in [0.1, 0.15) is 25.3 Å². The van der Waals surface area contributed by atoms with E-state index in [-0.39, 0.29) is 11.7 Å². The zero-order valence-electron chi connectivity index (χ0n) is 16.1. The lowest BCUT2D eigenvalue weighted by Gasteiger charge is -2.37. The molecule has 0 saturated carbocycles. The van der Waals surface area contributed by atoms with Crippen LogP contribution in [0.4, 0.5) is 0 Å². The van der Waals surface area contributed by atoms with Crippen LogP contribution >= 0.6 is 8.58 Å². The van der Waals surface area contributed by atoms with Crippen molar-refractivity contribution in [3.63, 3.8) is 0 Å². The zero-order chi connectivity index (χ0) is 19.3. The molecule has 0 spiro atoms. The number of hydrogen-bond donors (Lipinski definition) is 1. The highest BCUT2D eigenvalue weighted by Gasteiger charge is 2.34. The van der Waals surface area contributed by atoms with Crippen LogP contribution in [0.5, 0.6) is 0 Å². The fourth-order valence-electron chi connectivity index (χ4n) is 4.26. The highest BCUT2D eigenvalue weighted by molar-refractivity contribution is 7.52. The molecule has 3 aliphatic rings. The Morgan fingerprint density at radius 3 is 2.89 bits per heavy atom. The molecule has 3 aliphatic heterocycles. The van der Waals surface area contributed by atoms with Crippen molar-refractivity contribution in [1.82, 2.24) is 20.0 Å². The third-order valence-electron chi connectivity index (χ3n) is 5.75. The van der Waals surface area contributed by atoms with Crippen LogP contribution < -0.4 is 5.32 Å². The van der Waals surface area contributed by atoms with Crippen LogP contribution in [0.2, 0.25) is 0 Å². The van der Waals surface area contributed by atoms with Gasteiger partial charge in [0.15, 0.2) is 0 Å². The molecule has 144 valence electrons. The average molecular weight is 393 g/mol. The molecule has 1 N–H and O–H groups in total. The summed E-state index contributed by atoms with van der Waals surface area (Å²) in [5, 5.41) is 10.0. The summed E-state index contributed by atoms with van der Waals surface area (Å²) in [6, 6.07) is 6.24. The number of piperidine rings is 1. The number of hydrogen-bond acceptors (Lipinski definition) is 4. The Bertz CT molecular complexity index is 1040. The van der Waals surface area contributed by atoms with E-state index in [2.05, 4.69) is 29.5 Å². The molecule has 7 heteroatoms. The van der Waals surface area contributed by atoms with Crippen molar-refractivity contribution in [3.05, 3.63) is 47.9 Å². The van der Waals surface area contributed by atoms with E-state index >= 15 is 0 Å². The van der Waals surface area contributed by atoms with E-state index in [1.54, 1.807) is 0 Å². The zero-order valence-corrected chi connectivity index (χ0v) is 17.1. The normalized spacial score (nSPS) is 24.2. The number of amides is 1. The molecule has 1 fully saturated rings. The van der Waals surface area contributed by atoms with Gasteiger partial charge in [-0.25, -0.2) is 0 Å². The van der Waals surface area contributed by atoms with Gasteiger partial charge in [-0.2, -0.15) is 5.10 Å². The Morgan fingerprint density at radius 2 is 2.07 bits per heavy atom. The number of benzene rings is 1. The smallest absolute Gasteiger partial charge is 0.252 e.